The van der Waals surface area contributed by atoms with E-state index in [1.54, 1.807) is 0 Å². The molecule has 0 N–H and O–H groups in total. The Morgan fingerprint density at radius 1 is 1.23 bits per heavy atom. The first-order chi connectivity index (χ1) is 10.2. The number of rotatable bonds is 0. The highest BCUT2D eigenvalue weighted by Gasteiger charge is 2.49. The summed E-state index contributed by atoms with van der Waals surface area (Å²) in [5, 5.41) is 0. The fourth-order valence-corrected chi connectivity index (χ4v) is 4.80. The van der Waals surface area contributed by atoms with Gasteiger partial charge in [0.15, 0.2) is 0 Å². The van der Waals surface area contributed by atoms with E-state index in [-0.39, 0.29) is 18.1 Å². The maximum Gasteiger partial charge on any atom is 0.410 e. The summed E-state index contributed by atoms with van der Waals surface area (Å²) in [5.41, 5.74) is -0.483. The highest BCUT2D eigenvalue weighted by Crippen LogP contribution is 2.47. The lowest BCUT2D eigenvalue weighted by Gasteiger charge is -2.50. The number of nitrogens with zero attached hydrogens (tertiary/aromatic N) is 1. The molecule has 3 fully saturated rings. The standard InChI is InChI=1S/C18H29NO3/c1-11-7-12-5-6-16(20)13-9-14(12)15(8-11)19(10-13)17(21)22-18(2,3)4/h11-15H,5-10H2,1-4H3/t11-,12-,13?,14-,15+/m1/s1. The van der Waals surface area contributed by atoms with Gasteiger partial charge in [-0.05, 0) is 64.2 Å². The van der Waals surface area contributed by atoms with Crippen molar-refractivity contribution in [2.24, 2.45) is 23.7 Å². The molecule has 124 valence electrons. The van der Waals surface area contributed by atoms with Crippen molar-refractivity contribution >= 4 is 11.9 Å². The number of hydrogen-bond acceptors (Lipinski definition) is 3. The molecule has 2 saturated carbocycles. The number of ketones is 1. The van der Waals surface area contributed by atoms with Gasteiger partial charge < -0.3 is 9.64 Å². The van der Waals surface area contributed by atoms with Crippen LogP contribution in [0.4, 0.5) is 4.79 Å². The summed E-state index contributed by atoms with van der Waals surface area (Å²) in [5.74, 6) is 2.11. The van der Waals surface area contributed by atoms with Crippen molar-refractivity contribution in [3.05, 3.63) is 0 Å². The fraction of sp³-hybridized carbons (Fsp3) is 0.889. The number of amides is 1. The Labute approximate surface area is 133 Å². The molecule has 1 unspecified atom stereocenters. The van der Waals surface area contributed by atoms with E-state index >= 15 is 0 Å². The summed E-state index contributed by atoms with van der Waals surface area (Å²) in [7, 11) is 0. The number of ether oxygens (including phenoxy) is 1. The zero-order valence-electron chi connectivity index (χ0n) is 14.3. The quantitative estimate of drug-likeness (QED) is 0.686. The molecule has 1 amide bonds. The fourth-order valence-electron chi connectivity index (χ4n) is 4.80. The monoisotopic (exact) mass is 307 g/mol. The predicted octanol–water partition coefficient (Wildman–Crippen LogP) is 3.64. The van der Waals surface area contributed by atoms with Gasteiger partial charge in [0.2, 0.25) is 0 Å². The van der Waals surface area contributed by atoms with E-state index in [1.807, 2.05) is 25.7 Å². The van der Waals surface area contributed by atoms with Crippen LogP contribution in [0, 0.1) is 23.7 Å². The highest BCUT2D eigenvalue weighted by molar-refractivity contribution is 5.82. The first-order valence-corrected chi connectivity index (χ1v) is 8.77. The maximum absolute atomic E-state index is 12.7. The minimum absolute atomic E-state index is 0.0344. The zero-order chi connectivity index (χ0) is 16.1. The van der Waals surface area contributed by atoms with E-state index in [0.29, 0.717) is 36.5 Å². The van der Waals surface area contributed by atoms with Gasteiger partial charge in [0, 0.05) is 24.9 Å². The average molecular weight is 307 g/mol. The number of carbonyl (C=O) groups excluding carboxylic acids is 2. The summed E-state index contributed by atoms with van der Waals surface area (Å²) < 4.78 is 5.62. The van der Waals surface area contributed by atoms with Gasteiger partial charge in [-0.2, -0.15) is 0 Å². The van der Waals surface area contributed by atoms with Gasteiger partial charge in [-0.25, -0.2) is 4.79 Å². The topological polar surface area (TPSA) is 46.6 Å². The molecule has 5 atom stereocenters. The highest BCUT2D eigenvalue weighted by atomic mass is 16.6. The minimum Gasteiger partial charge on any atom is -0.444 e. The van der Waals surface area contributed by atoms with Gasteiger partial charge in [-0.3, -0.25) is 4.79 Å². The van der Waals surface area contributed by atoms with Crippen LogP contribution in [0.1, 0.15) is 59.8 Å². The SMILES string of the molecule is C[C@@H]1C[C@H]2CCC(=O)C3C[C@H]2[C@H](C1)N(C(=O)OC(C)(C)C)C3. The summed E-state index contributed by atoms with van der Waals surface area (Å²) in [6.45, 7) is 8.55. The molecule has 0 aromatic rings. The second-order valence-corrected chi connectivity index (χ2v) is 8.64. The molecule has 2 aliphatic carbocycles. The number of piperidine rings is 1. The van der Waals surface area contributed by atoms with Crippen LogP contribution >= 0.6 is 0 Å². The molecular weight excluding hydrogens is 278 g/mol. The van der Waals surface area contributed by atoms with Crippen LogP contribution in [-0.2, 0) is 9.53 Å². The molecular formula is C18H29NO3. The van der Waals surface area contributed by atoms with Gasteiger partial charge in [0.1, 0.15) is 11.4 Å². The third-order valence-electron chi connectivity index (χ3n) is 5.67. The van der Waals surface area contributed by atoms with Crippen LogP contribution < -0.4 is 0 Å². The van der Waals surface area contributed by atoms with Gasteiger partial charge in [0.05, 0.1) is 0 Å². The number of carbonyl (C=O) groups is 2. The zero-order valence-corrected chi connectivity index (χ0v) is 14.3. The first-order valence-electron chi connectivity index (χ1n) is 8.77. The van der Waals surface area contributed by atoms with E-state index in [4.69, 9.17) is 4.74 Å². The Morgan fingerprint density at radius 3 is 2.64 bits per heavy atom. The summed E-state index contributed by atoms with van der Waals surface area (Å²) in [4.78, 5) is 26.9. The second-order valence-electron chi connectivity index (χ2n) is 8.64. The van der Waals surface area contributed by atoms with Gasteiger partial charge in [-0.1, -0.05) is 6.92 Å². The van der Waals surface area contributed by atoms with E-state index in [1.165, 1.54) is 6.42 Å². The lowest BCUT2D eigenvalue weighted by atomic mass is 9.66. The third kappa shape index (κ3) is 3.02. The Hall–Kier alpha value is -1.06. The molecule has 1 aliphatic heterocycles. The summed E-state index contributed by atoms with van der Waals surface area (Å²) in [6.07, 6.45) is 4.75. The van der Waals surface area contributed by atoms with Crippen molar-refractivity contribution in [1.29, 1.82) is 0 Å². The average Bonchev–Trinajstić information content (AvgIpc) is 2.53. The molecule has 4 nitrogen and oxygen atoms in total. The van der Waals surface area contributed by atoms with Crippen molar-refractivity contribution in [3.8, 4) is 0 Å². The molecule has 1 saturated heterocycles. The van der Waals surface area contributed by atoms with Crippen LogP contribution in [-0.4, -0.2) is 35.0 Å². The molecule has 0 aromatic heterocycles. The smallest absolute Gasteiger partial charge is 0.410 e. The molecule has 0 radical (unpaired) electrons. The molecule has 3 rings (SSSR count). The summed E-state index contributed by atoms with van der Waals surface area (Å²) >= 11 is 0. The molecule has 0 spiro atoms. The second kappa shape index (κ2) is 5.54. The van der Waals surface area contributed by atoms with Crippen LogP contribution in [0.25, 0.3) is 0 Å². The number of hydrogen-bond donors (Lipinski definition) is 0. The van der Waals surface area contributed by atoms with Gasteiger partial charge in [-0.15, -0.1) is 0 Å². The molecule has 2 bridgehead atoms. The van der Waals surface area contributed by atoms with E-state index < -0.39 is 5.60 Å². The Balaban J connectivity index is 1.86. The first kappa shape index (κ1) is 15.8. The van der Waals surface area contributed by atoms with Crippen molar-refractivity contribution in [2.75, 3.05) is 6.54 Å². The molecule has 1 heterocycles. The third-order valence-corrected chi connectivity index (χ3v) is 5.67. The van der Waals surface area contributed by atoms with Crippen molar-refractivity contribution in [1.82, 2.24) is 4.90 Å². The maximum atomic E-state index is 12.7. The number of likely N-dealkylation sites (tertiary alicyclic amines) is 1. The summed E-state index contributed by atoms with van der Waals surface area (Å²) in [6, 6.07) is 0.269. The predicted molar refractivity (Wildman–Crippen MR) is 84.5 cm³/mol. The van der Waals surface area contributed by atoms with Crippen molar-refractivity contribution < 1.29 is 14.3 Å². The largest absolute Gasteiger partial charge is 0.444 e. The number of fused-ring (bicyclic) bond motifs is 1. The Morgan fingerprint density at radius 2 is 1.95 bits per heavy atom. The van der Waals surface area contributed by atoms with Crippen LogP contribution in [0.15, 0.2) is 0 Å². The van der Waals surface area contributed by atoms with Crippen molar-refractivity contribution in [3.63, 3.8) is 0 Å². The van der Waals surface area contributed by atoms with E-state index in [2.05, 4.69) is 6.92 Å². The normalized spacial score (nSPS) is 38.5. The minimum atomic E-state index is -0.483. The van der Waals surface area contributed by atoms with Crippen molar-refractivity contribution in [2.45, 2.75) is 71.4 Å². The molecule has 3 aliphatic rings. The number of Topliss-reactive ketones (excluding diaryl/α,β-unsaturated/α-hetero) is 1. The Bertz CT molecular complexity index is 467. The van der Waals surface area contributed by atoms with Crippen LogP contribution in [0.2, 0.25) is 0 Å². The van der Waals surface area contributed by atoms with Gasteiger partial charge >= 0.3 is 6.09 Å². The van der Waals surface area contributed by atoms with Crippen LogP contribution in [0.3, 0.4) is 0 Å². The van der Waals surface area contributed by atoms with Crippen LogP contribution in [0.5, 0.6) is 0 Å². The van der Waals surface area contributed by atoms with Gasteiger partial charge in [0.25, 0.3) is 0 Å². The molecule has 4 heteroatoms. The molecule has 0 aromatic carbocycles. The van der Waals surface area contributed by atoms with E-state index in [0.717, 1.165) is 19.3 Å². The molecule has 22 heavy (non-hydrogen) atoms. The lowest BCUT2D eigenvalue weighted by Crippen LogP contribution is -2.56. The lowest BCUT2D eigenvalue weighted by molar-refractivity contribution is -0.125. The van der Waals surface area contributed by atoms with E-state index in [9.17, 15) is 9.59 Å². The Kier molecular flexibility index (Phi) is 3.98.